The van der Waals surface area contributed by atoms with E-state index in [0.717, 1.165) is 11.6 Å². The Kier molecular flexibility index (Phi) is 2.46. The first-order valence-corrected chi connectivity index (χ1v) is 5.19. The van der Waals surface area contributed by atoms with Crippen LogP contribution in [-0.2, 0) is 0 Å². The van der Waals surface area contributed by atoms with Gasteiger partial charge in [-0.25, -0.2) is 0 Å². The Bertz CT molecular complexity index is 301. The molecule has 1 aromatic carbocycles. The van der Waals surface area contributed by atoms with Crippen molar-refractivity contribution in [1.29, 1.82) is 0 Å². The van der Waals surface area contributed by atoms with Crippen molar-refractivity contribution >= 4 is 5.69 Å². The zero-order valence-electron chi connectivity index (χ0n) is 8.77. The lowest BCUT2D eigenvalue weighted by molar-refractivity contribution is 0.199. The van der Waals surface area contributed by atoms with E-state index in [2.05, 4.69) is 24.1 Å². The number of nitrogens with zero attached hydrogens (tertiary/aromatic N) is 1. The third-order valence-electron chi connectivity index (χ3n) is 2.88. The first-order chi connectivity index (χ1) is 6.68. The summed E-state index contributed by atoms with van der Waals surface area (Å²) in [6.07, 6.45) is 2.26. The average Bonchev–Trinajstić information content (AvgIpc) is 3.00. The van der Waals surface area contributed by atoms with Crippen molar-refractivity contribution in [3.8, 4) is 0 Å². The van der Waals surface area contributed by atoms with Crippen LogP contribution in [0.4, 0.5) is 5.69 Å². The molecule has 0 spiro atoms. The summed E-state index contributed by atoms with van der Waals surface area (Å²) in [6, 6.07) is 8.91. The first kappa shape index (κ1) is 9.53. The molecule has 2 nitrogen and oxygen atoms in total. The second-order valence-corrected chi connectivity index (χ2v) is 4.11. The topological polar surface area (TPSA) is 23.5 Å². The van der Waals surface area contributed by atoms with Gasteiger partial charge in [0.15, 0.2) is 0 Å². The molecule has 1 unspecified atom stereocenters. The maximum absolute atomic E-state index is 9.36. The van der Waals surface area contributed by atoms with Crippen molar-refractivity contribution in [2.75, 3.05) is 11.9 Å². The van der Waals surface area contributed by atoms with Crippen LogP contribution in [0.3, 0.4) is 0 Å². The fourth-order valence-corrected chi connectivity index (χ4v) is 1.66. The van der Waals surface area contributed by atoms with Gasteiger partial charge in [0.25, 0.3) is 0 Å². The van der Waals surface area contributed by atoms with E-state index < -0.39 is 0 Å². The molecule has 0 aromatic heterocycles. The minimum absolute atomic E-state index is 0.365. The monoisotopic (exact) mass is 191 g/mol. The Morgan fingerprint density at radius 2 is 1.86 bits per heavy atom. The highest BCUT2D eigenvalue weighted by Gasteiger charge is 2.26. The summed E-state index contributed by atoms with van der Waals surface area (Å²) < 4.78 is 0. The molecule has 0 heterocycles. The highest BCUT2D eigenvalue weighted by Crippen LogP contribution is 2.30. The average molecular weight is 191 g/mol. The van der Waals surface area contributed by atoms with Gasteiger partial charge in [0.2, 0.25) is 0 Å². The number of anilines is 1. The van der Waals surface area contributed by atoms with Crippen LogP contribution in [0, 0.1) is 0 Å². The normalized spacial score (nSPS) is 17.9. The van der Waals surface area contributed by atoms with Crippen LogP contribution in [-0.4, -0.2) is 18.2 Å². The Hall–Kier alpha value is -1.02. The second-order valence-electron chi connectivity index (χ2n) is 4.11. The van der Waals surface area contributed by atoms with Crippen LogP contribution in [0.25, 0.3) is 0 Å². The molecule has 76 valence electrons. The van der Waals surface area contributed by atoms with E-state index in [1.165, 1.54) is 18.5 Å². The van der Waals surface area contributed by atoms with Crippen LogP contribution in [0.15, 0.2) is 24.3 Å². The molecule has 0 aliphatic heterocycles. The summed E-state index contributed by atoms with van der Waals surface area (Å²) in [6.45, 7) is 1.79. The van der Waals surface area contributed by atoms with Gasteiger partial charge in [-0.1, -0.05) is 12.1 Å². The number of aliphatic hydroxyl groups is 1. The molecule has 0 radical (unpaired) electrons. The number of aliphatic hydroxyl groups excluding tert-OH is 1. The summed E-state index contributed by atoms with van der Waals surface area (Å²) in [5.41, 5.74) is 2.23. The molecular weight excluding hydrogens is 174 g/mol. The molecule has 0 bridgehead atoms. The van der Waals surface area contributed by atoms with Crippen molar-refractivity contribution in [3.05, 3.63) is 29.8 Å². The Morgan fingerprint density at radius 1 is 1.29 bits per heavy atom. The Balaban J connectivity index is 2.12. The molecule has 1 saturated carbocycles. The molecule has 1 aliphatic carbocycles. The largest absolute Gasteiger partial charge is 0.389 e. The van der Waals surface area contributed by atoms with Gasteiger partial charge in [-0.2, -0.15) is 0 Å². The predicted molar refractivity (Wildman–Crippen MR) is 58.5 cm³/mol. The zero-order valence-corrected chi connectivity index (χ0v) is 8.77. The molecule has 1 atom stereocenters. The third-order valence-corrected chi connectivity index (χ3v) is 2.88. The lowest BCUT2D eigenvalue weighted by atomic mass is 10.1. The third kappa shape index (κ3) is 1.90. The van der Waals surface area contributed by atoms with E-state index >= 15 is 0 Å². The van der Waals surface area contributed by atoms with Gasteiger partial charge in [-0.05, 0) is 37.5 Å². The van der Waals surface area contributed by atoms with Gasteiger partial charge in [-0.15, -0.1) is 0 Å². The van der Waals surface area contributed by atoms with Crippen LogP contribution in [0.5, 0.6) is 0 Å². The molecule has 0 saturated heterocycles. The summed E-state index contributed by atoms with van der Waals surface area (Å²) in [4.78, 5) is 2.31. The molecule has 2 rings (SSSR count). The summed E-state index contributed by atoms with van der Waals surface area (Å²) in [7, 11) is 2.13. The number of hydrogen-bond acceptors (Lipinski definition) is 2. The van der Waals surface area contributed by atoms with E-state index in [1.54, 1.807) is 6.92 Å². The maximum atomic E-state index is 9.36. The quantitative estimate of drug-likeness (QED) is 0.792. The molecule has 0 amide bonds. The van der Waals surface area contributed by atoms with E-state index in [9.17, 15) is 5.11 Å². The van der Waals surface area contributed by atoms with E-state index in [4.69, 9.17) is 0 Å². The minimum atomic E-state index is -0.365. The van der Waals surface area contributed by atoms with Crippen LogP contribution in [0.1, 0.15) is 31.4 Å². The van der Waals surface area contributed by atoms with Gasteiger partial charge in [0, 0.05) is 18.8 Å². The van der Waals surface area contributed by atoms with Gasteiger partial charge >= 0.3 is 0 Å². The van der Waals surface area contributed by atoms with Gasteiger partial charge < -0.3 is 10.0 Å². The van der Waals surface area contributed by atoms with Crippen LogP contribution in [0.2, 0.25) is 0 Å². The fourth-order valence-electron chi connectivity index (χ4n) is 1.66. The highest BCUT2D eigenvalue weighted by atomic mass is 16.3. The number of hydrogen-bond donors (Lipinski definition) is 1. The summed E-state index contributed by atoms with van der Waals surface area (Å²) >= 11 is 0. The van der Waals surface area contributed by atoms with E-state index in [-0.39, 0.29) is 6.10 Å². The second kappa shape index (κ2) is 3.62. The molecule has 2 heteroatoms. The molecule has 1 N–H and O–H groups in total. The van der Waals surface area contributed by atoms with Crippen molar-refractivity contribution in [2.24, 2.45) is 0 Å². The number of rotatable bonds is 3. The van der Waals surface area contributed by atoms with E-state index in [0.29, 0.717) is 0 Å². The van der Waals surface area contributed by atoms with Crippen LogP contribution >= 0.6 is 0 Å². The van der Waals surface area contributed by atoms with Gasteiger partial charge in [0.1, 0.15) is 0 Å². The Labute approximate surface area is 85.2 Å². The molecule has 1 aliphatic rings. The lowest BCUT2D eigenvalue weighted by Gasteiger charge is -2.19. The Morgan fingerprint density at radius 3 is 2.29 bits per heavy atom. The molecule has 14 heavy (non-hydrogen) atoms. The molecule has 1 aromatic rings. The minimum Gasteiger partial charge on any atom is -0.389 e. The van der Waals surface area contributed by atoms with Crippen molar-refractivity contribution in [1.82, 2.24) is 0 Å². The first-order valence-electron chi connectivity index (χ1n) is 5.19. The fraction of sp³-hybridized carbons (Fsp3) is 0.500. The number of benzene rings is 1. The maximum Gasteiger partial charge on any atom is 0.0761 e. The van der Waals surface area contributed by atoms with Gasteiger partial charge in [-0.3, -0.25) is 0 Å². The van der Waals surface area contributed by atoms with Crippen molar-refractivity contribution in [2.45, 2.75) is 31.9 Å². The SMILES string of the molecule is CC(O)c1ccc(N(C)C2CC2)cc1. The summed E-state index contributed by atoms with van der Waals surface area (Å²) in [5.74, 6) is 0. The van der Waals surface area contributed by atoms with Gasteiger partial charge in [0.05, 0.1) is 6.10 Å². The molecule has 1 fully saturated rings. The lowest BCUT2D eigenvalue weighted by Crippen LogP contribution is -2.19. The predicted octanol–water partition coefficient (Wildman–Crippen LogP) is 2.34. The highest BCUT2D eigenvalue weighted by molar-refractivity contribution is 5.49. The smallest absolute Gasteiger partial charge is 0.0761 e. The zero-order chi connectivity index (χ0) is 10.1. The standard InChI is InChI=1S/C12H17NO/c1-9(14)10-3-5-11(6-4-10)13(2)12-7-8-12/h3-6,9,12,14H,7-8H2,1-2H3. The summed E-state index contributed by atoms with van der Waals surface area (Å²) in [5, 5.41) is 9.36. The van der Waals surface area contributed by atoms with Crippen molar-refractivity contribution in [3.63, 3.8) is 0 Å². The van der Waals surface area contributed by atoms with Crippen LogP contribution < -0.4 is 4.90 Å². The molecular formula is C12H17NO. The van der Waals surface area contributed by atoms with Crippen molar-refractivity contribution < 1.29 is 5.11 Å². The van der Waals surface area contributed by atoms with E-state index in [1.807, 2.05) is 12.1 Å².